The van der Waals surface area contributed by atoms with Crippen molar-refractivity contribution in [3.05, 3.63) is 29.5 Å². The van der Waals surface area contributed by atoms with E-state index in [0.717, 1.165) is 28.5 Å². The topological polar surface area (TPSA) is 50.7 Å². The molecule has 5 heteroatoms. The highest BCUT2D eigenvalue weighted by Gasteiger charge is 2.10. The molecule has 0 saturated heterocycles. The highest BCUT2D eigenvalue weighted by Crippen LogP contribution is 2.22. The first kappa shape index (κ1) is 13.1. The number of hydrogen-bond donors (Lipinski definition) is 1. The molecule has 0 aliphatic rings. The van der Waals surface area contributed by atoms with Crippen LogP contribution in [-0.2, 0) is 6.42 Å². The predicted octanol–water partition coefficient (Wildman–Crippen LogP) is 2.53. The summed E-state index contributed by atoms with van der Waals surface area (Å²) in [5.41, 5.74) is 1.18. The van der Waals surface area contributed by atoms with Gasteiger partial charge in [0.25, 0.3) is 0 Å². The van der Waals surface area contributed by atoms with Crippen LogP contribution in [0.4, 0.5) is 0 Å². The molecule has 2 aromatic rings. The molecule has 0 atom stereocenters. The van der Waals surface area contributed by atoms with Crippen molar-refractivity contribution in [2.24, 2.45) is 0 Å². The van der Waals surface area contributed by atoms with Gasteiger partial charge in [0.15, 0.2) is 0 Å². The molecule has 0 fully saturated rings. The lowest BCUT2D eigenvalue weighted by atomic mass is 10.1. The third-order valence-corrected chi connectivity index (χ3v) is 3.40. The standard InChI is InChI=1S/C13H18N4S/c1-13(2,3)15-8-6-11-16-17-12(18-11)10-5-4-7-14-9-10/h4-5,7,9,15H,6,8H2,1-3H3. The molecule has 4 nitrogen and oxygen atoms in total. The second-order valence-corrected chi connectivity index (χ2v) is 6.23. The average molecular weight is 262 g/mol. The minimum atomic E-state index is 0.150. The van der Waals surface area contributed by atoms with E-state index in [9.17, 15) is 0 Å². The second kappa shape index (κ2) is 5.54. The van der Waals surface area contributed by atoms with Gasteiger partial charge in [-0.15, -0.1) is 10.2 Å². The van der Waals surface area contributed by atoms with Crippen molar-refractivity contribution < 1.29 is 0 Å². The number of hydrogen-bond acceptors (Lipinski definition) is 5. The summed E-state index contributed by atoms with van der Waals surface area (Å²) >= 11 is 1.63. The lowest BCUT2D eigenvalue weighted by Gasteiger charge is -2.19. The zero-order valence-corrected chi connectivity index (χ0v) is 11.8. The van der Waals surface area contributed by atoms with Crippen LogP contribution in [0.25, 0.3) is 10.6 Å². The fourth-order valence-corrected chi connectivity index (χ4v) is 2.33. The van der Waals surface area contributed by atoms with Gasteiger partial charge in [0.2, 0.25) is 0 Å². The molecule has 0 bridgehead atoms. The van der Waals surface area contributed by atoms with Gasteiger partial charge in [0.1, 0.15) is 10.0 Å². The Bertz CT molecular complexity index is 487. The van der Waals surface area contributed by atoms with Gasteiger partial charge in [-0.1, -0.05) is 11.3 Å². The Kier molecular flexibility index (Phi) is 4.04. The van der Waals surface area contributed by atoms with E-state index in [1.165, 1.54) is 0 Å². The molecule has 1 N–H and O–H groups in total. The Balaban J connectivity index is 1.95. The molecule has 0 unspecified atom stereocenters. The first-order valence-corrected chi connectivity index (χ1v) is 6.84. The molecule has 96 valence electrons. The van der Waals surface area contributed by atoms with Crippen molar-refractivity contribution in [3.8, 4) is 10.6 Å². The minimum Gasteiger partial charge on any atom is -0.312 e. The van der Waals surface area contributed by atoms with Crippen molar-refractivity contribution in [3.63, 3.8) is 0 Å². The molecule has 0 amide bonds. The van der Waals surface area contributed by atoms with E-state index in [1.54, 1.807) is 17.5 Å². The van der Waals surface area contributed by atoms with Crippen LogP contribution in [0.2, 0.25) is 0 Å². The Morgan fingerprint density at radius 1 is 1.28 bits per heavy atom. The summed E-state index contributed by atoms with van der Waals surface area (Å²) in [7, 11) is 0. The van der Waals surface area contributed by atoms with Crippen molar-refractivity contribution >= 4 is 11.3 Å². The fraction of sp³-hybridized carbons (Fsp3) is 0.462. The lowest BCUT2D eigenvalue weighted by molar-refractivity contribution is 0.429. The molecule has 0 spiro atoms. The molecular weight excluding hydrogens is 244 g/mol. The average Bonchev–Trinajstić information content (AvgIpc) is 2.77. The van der Waals surface area contributed by atoms with Crippen LogP contribution in [0, 0.1) is 0 Å². The van der Waals surface area contributed by atoms with Crippen molar-refractivity contribution in [1.29, 1.82) is 0 Å². The molecule has 2 rings (SSSR count). The molecule has 0 saturated carbocycles. The molecular formula is C13H18N4S. The smallest absolute Gasteiger partial charge is 0.149 e. The zero-order chi connectivity index (χ0) is 13.0. The van der Waals surface area contributed by atoms with Crippen LogP contribution in [0.1, 0.15) is 25.8 Å². The van der Waals surface area contributed by atoms with Gasteiger partial charge in [-0.2, -0.15) is 0 Å². The van der Waals surface area contributed by atoms with Crippen LogP contribution in [0.5, 0.6) is 0 Å². The molecule has 2 heterocycles. The fourth-order valence-electron chi connectivity index (χ4n) is 1.50. The van der Waals surface area contributed by atoms with E-state index >= 15 is 0 Å². The van der Waals surface area contributed by atoms with Crippen molar-refractivity contribution in [2.75, 3.05) is 6.54 Å². The van der Waals surface area contributed by atoms with Crippen LogP contribution < -0.4 is 5.32 Å². The maximum Gasteiger partial charge on any atom is 0.149 e. The summed E-state index contributed by atoms with van der Waals surface area (Å²) in [6.45, 7) is 7.40. The van der Waals surface area contributed by atoms with Crippen molar-refractivity contribution in [2.45, 2.75) is 32.7 Å². The highest BCUT2D eigenvalue weighted by molar-refractivity contribution is 7.14. The van der Waals surface area contributed by atoms with Gasteiger partial charge in [-0.25, -0.2) is 0 Å². The normalized spacial score (nSPS) is 11.7. The number of rotatable bonds is 4. The molecule has 0 aliphatic carbocycles. The van der Waals surface area contributed by atoms with Crippen LogP contribution in [-0.4, -0.2) is 27.3 Å². The maximum absolute atomic E-state index is 4.21. The van der Waals surface area contributed by atoms with Crippen LogP contribution >= 0.6 is 11.3 Å². The third kappa shape index (κ3) is 3.85. The second-order valence-electron chi connectivity index (χ2n) is 5.17. The maximum atomic E-state index is 4.21. The Morgan fingerprint density at radius 2 is 2.11 bits per heavy atom. The van der Waals surface area contributed by atoms with E-state index in [2.05, 4.69) is 41.3 Å². The SMILES string of the molecule is CC(C)(C)NCCc1nnc(-c2cccnc2)s1. The predicted molar refractivity (Wildman–Crippen MR) is 74.6 cm³/mol. The quantitative estimate of drug-likeness (QED) is 0.920. The van der Waals surface area contributed by atoms with Gasteiger partial charge >= 0.3 is 0 Å². The summed E-state index contributed by atoms with van der Waals surface area (Å²) in [4.78, 5) is 4.09. The first-order valence-electron chi connectivity index (χ1n) is 6.02. The Labute approximate surface area is 111 Å². The van der Waals surface area contributed by atoms with Crippen molar-refractivity contribution in [1.82, 2.24) is 20.5 Å². The van der Waals surface area contributed by atoms with Gasteiger partial charge in [0, 0.05) is 36.5 Å². The zero-order valence-electron chi connectivity index (χ0n) is 11.0. The number of nitrogens with zero attached hydrogens (tertiary/aromatic N) is 3. The molecule has 2 aromatic heterocycles. The van der Waals surface area contributed by atoms with Gasteiger partial charge < -0.3 is 5.32 Å². The first-order chi connectivity index (χ1) is 8.54. The van der Waals surface area contributed by atoms with Gasteiger partial charge in [-0.05, 0) is 32.9 Å². The molecule has 0 aliphatic heterocycles. The van der Waals surface area contributed by atoms with E-state index in [1.807, 2.05) is 18.3 Å². The third-order valence-electron chi connectivity index (χ3n) is 2.37. The molecule has 0 radical (unpaired) electrons. The Morgan fingerprint density at radius 3 is 2.78 bits per heavy atom. The monoisotopic (exact) mass is 262 g/mol. The molecule has 18 heavy (non-hydrogen) atoms. The van der Waals surface area contributed by atoms with Crippen LogP contribution in [0.15, 0.2) is 24.5 Å². The number of aromatic nitrogens is 3. The van der Waals surface area contributed by atoms with E-state index in [0.29, 0.717) is 0 Å². The minimum absolute atomic E-state index is 0.150. The summed E-state index contributed by atoms with van der Waals surface area (Å²) in [5.74, 6) is 0. The highest BCUT2D eigenvalue weighted by atomic mass is 32.1. The summed E-state index contributed by atoms with van der Waals surface area (Å²) in [6, 6.07) is 3.92. The lowest BCUT2D eigenvalue weighted by Crippen LogP contribution is -2.37. The van der Waals surface area contributed by atoms with E-state index < -0.39 is 0 Å². The summed E-state index contributed by atoms with van der Waals surface area (Å²) in [5, 5.41) is 13.9. The number of nitrogens with one attached hydrogen (secondary N) is 1. The number of pyridine rings is 1. The van der Waals surface area contributed by atoms with Gasteiger partial charge in [-0.3, -0.25) is 4.98 Å². The summed E-state index contributed by atoms with van der Waals surface area (Å²) < 4.78 is 0. The Hall–Kier alpha value is -1.33. The van der Waals surface area contributed by atoms with Crippen LogP contribution in [0.3, 0.4) is 0 Å². The largest absolute Gasteiger partial charge is 0.312 e. The van der Waals surface area contributed by atoms with E-state index in [4.69, 9.17) is 0 Å². The molecule has 0 aromatic carbocycles. The van der Waals surface area contributed by atoms with Gasteiger partial charge in [0.05, 0.1) is 0 Å². The summed E-state index contributed by atoms with van der Waals surface area (Å²) in [6.07, 6.45) is 4.49. The van der Waals surface area contributed by atoms with E-state index in [-0.39, 0.29) is 5.54 Å².